The van der Waals surface area contributed by atoms with Crippen LogP contribution in [0.5, 0.6) is 0 Å². The normalized spacial score (nSPS) is 11.7. The molecular formula is C16H17N3. The van der Waals surface area contributed by atoms with E-state index in [-0.39, 0.29) is 6.04 Å². The fourth-order valence-corrected chi connectivity index (χ4v) is 2.09. The summed E-state index contributed by atoms with van der Waals surface area (Å²) in [7, 11) is 0. The van der Waals surface area contributed by atoms with E-state index in [2.05, 4.69) is 55.3 Å². The van der Waals surface area contributed by atoms with Crippen LogP contribution >= 0.6 is 0 Å². The summed E-state index contributed by atoms with van der Waals surface area (Å²) in [6.45, 7) is 6.36. The summed E-state index contributed by atoms with van der Waals surface area (Å²) in [4.78, 5) is 4.23. The van der Waals surface area contributed by atoms with Gasteiger partial charge in [0.15, 0.2) is 0 Å². The number of nitrogens with zero attached hydrogens (tertiary/aromatic N) is 2. The molecule has 1 atom stereocenters. The summed E-state index contributed by atoms with van der Waals surface area (Å²) in [5.41, 5.74) is 4.44. The fraction of sp³-hybridized carbons (Fsp3) is 0.250. The van der Waals surface area contributed by atoms with E-state index in [0.29, 0.717) is 5.56 Å². The van der Waals surface area contributed by atoms with Gasteiger partial charge in [-0.2, -0.15) is 5.26 Å². The molecule has 0 radical (unpaired) electrons. The number of pyridine rings is 1. The molecule has 1 heterocycles. The van der Waals surface area contributed by atoms with E-state index in [9.17, 15) is 0 Å². The lowest BCUT2D eigenvalue weighted by Crippen LogP contribution is -2.09. The van der Waals surface area contributed by atoms with Gasteiger partial charge >= 0.3 is 0 Å². The van der Waals surface area contributed by atoms with Gasteiger partial charge in [-0.3, -0.25) is 0 Å². The van der Waals surface area contributed by atoms with E-state index in [4.69, 9.17) is 5.26 Å². The van der Waals surface area contributed by atoms with Crippen LogP contribution in [0, 0.1) is 25.2 Å². The van der Waals surface area contributed by atoms with Crippen molar-refractivity contribution in [1.82, 2.24) is 4.98 Å². The summed E-state index contributed by atoms with van der Waals surface area (Å²) < 4.78 is 0. The van der Waals surface area contributed by atoms with Crippen LogP contribution in [0.25, 0.3) is 0 Å². The number of nitrogens with one attached hydrogen (secondary N) is 1. The van der Waals surface area contributed by atoms with Crippen molar-refractivity contribution in [2.45, 2.75) is 26.8 Å². The molecule has 0 aliphatic rings. The summed E-state index contributed by atoms with van der Waals surface area (Å²) in [6, 6.07) is 12.2. The predicted octanol–water partition coefficient (Wildman–Crippen LogP) is 3.74. The van der Waals surface area contributed by atoms with Crippen molar-refractivity contribution in [2.24, 2.45) is 0 Å². The van der Waals surface area contributed by atoms with Crippen molar-refractivity contribution < 1.29 is 0 Å². The zero-order valence-corrected chi connectivity index (χ0v) is 11.4. The molecule has 2 aromatic rings. The van der Waals surface area contributed by atoms with Crippen LogP contribution < -0.4 is 5.32 Å². The smallest absolute Gasteiger partial charge is 0.126 e. The fourth-order valence-electron chi connectivity index (χ4n) is 2.09. The highest BCUT2D eigenvalue weighted by Crippen LogP contribution is 2.23. The van der Waals surface area contributed by atoms with Crippen molar-refractivity contribution >= 4 is 5.82 Å². The number of aryl methyl sites for hydroxylation is 1. The van der Waals surface area contributed by atoms with E-state index < -0.39 is 0 Å². The first-order chi connectivity index (χ1) is 9.11. The van der Waals surface area contributed by atoms with Gasteiger partial charge in [-0.1, -0.05) is 18.2 Å². The monoisotopic (exact) mass is 251 g/mol. The first-order valence-electron chi connectivity index (χ1n) is 6.30. The van der Waals surface area contributed by atoms with Crippen LogP contribution in [-0.2, 0) is 0 Å². The Balaban J connectivity index is 2.18. The van der Waals surface area contributed by atoms with Crippen LogP contribution in [0.4, 0.5) is 5.82 Å². The maximum atomic E-state index is 8.74. The number of anilines is 1. The summed E-state index contributed by atoms with van der Waals surface area (Å²) in [6.07, 6.45) is 1.58. The first-order valence-corrected chi connectivity index (χ1v) is 6.30. The molecule has 0 saturated carbocycles. The highest BCUT2D eigenvalue weighted by Gasteiger charge is 2.09. The second-order valence-electron chi connectivity index (χ2n) is 4.70. The molecule has 1 unspecified atom stereocenters. The molecule has 1 aromatic carbocycles. The van der Waals surface area contributed by atoms with E-state index in [1.807, 2.05) is 6.07 Å². The lowest BCUT2D eigenvalue weighted by atomic mass is 9.98. The molecule has 0 saturated heterocycles. The Morgan fingerprint density at radius 2 is 2.00 bits per heavy atom. The lowest BCUT2D eigenvalue weighted by molar-refractivity contribution is 0.862. The van der Waals surface area contributed by atoms with Gasteiger partial charge in [0.05, 0.1) is 11.6 Å². The highest BCUT2D eigenvalue weighted by molar-refractivity contribution is 5.44. The Hall–Kier alpha value is -2.34. The van der Waals surface area contributed by atoms with Gasteiger partial charge in [-0.15, -0.1) is 0 Å². The number of hydrogen-bond donors (Lipinski definition) is 1. The number of benzene rings is 1. The van der Waals surface area contributed by atoms with Crippen molar-refractivity contribution in [1.29, 1.82) is 5.26 Å². The average Bonchev–Trinajstić information content (AvgIpc) is 2.42. The lowest BCUT2D eigenvalue weighted by Gasteiger charge is -2.18. The second kappa shape index (κ2) is 5.53. The van der Waals surface area contributed by atoms with Crippen LogP contribution in [0.15, 0.2) is 36.5 Å². The minimum atomic E-state index is 0.181. The third-order valence-electron chi connectivity index (χ3n) is 3.37. The van der Waals surface area contributed by atoms with Crippen molar-refractivity contribution in [3.63, 3.8) is 0 Å². The Morgan fingerprint density at radius 3 is 2.63 bits per heavy atom. The molecule has 0 fully saturated rings. The molecule has 1 N–H and O–H groups in total. The quantitative estimate of drug-likeness (QED) is 0.904. The van der Waals surface area contributed by atoms with Gasteiger partial charge in [0.25, 0.3) is 0 Å². The topological polar surface area (TPSA) is 48.7 Å². The van der Waals surface area contributed by atoms with Crippen molar-refractivity contribution in [2.75, 3.05) is 5.32 Å². The summed E-state index contributed by atoms with van der Waals surface area (Å²) in [5, 5.41) is 12.1. The Labute approximate surface area is 113 Å². The van der Waals surface area contributed by atoms with Crippen LogP contribution in [0.3, 0.4) is 0 Å². The summed E-state index contributed by atoms with van der Waals surface area (Å²) >= 11 is 0. The van der Waals surface area contributed by atoms with E-state index in [0.717, 1.165) is 5.82 Å². The maximum absolute atomic E-state index is 8.74. The van der Waals surface area contributed by atoms with Gasteiger partial charge in [0.1, 0.15) is 11.9 Å². The average molecular weight is 251 g/mol. The molecule has 2 rings (SSSR count). The third-order valence-corrected chi connectivity index (χ3v) is 3.37. The minimum absolute atomic E-state index is 0.181. The molecule has 3 nitrogen and oxygen atoms in total. The number of nitriles is 1. The van der Waals surface area contributed by atoms with E-state index in [1.54, 1.807) is 12.3 Å². The summed E-state index contributed by atoms with van der Waals surface area (Å²) in [5.74, 6) is 0.785. The van der Waals surface area contributed by atoms with E-state index in [1.165, 1.54) is 16.7 Å². The Kier molecular flexibility index (Phi) is 3.82. The van der Waals surface area contributed by atoms with E-state index >= 15 is 0 Å². The van der Waals surface area contributed by atoms with Crippen LogP contribution in [0.1, 0.15) is 35.2 Å². The Morgan fingerprint density at radius 1 is 1.21 bits per heavy atom. The zero-order valence-electron chi connectivity index (χ0n) is 11.4. The molecule has 3 heteroatoms. The van der Waals surface area contributed by atoms with Gasteiger partial charge < -0.3 is 5.32 Å². The van der Waals surface area contributed by atoms with Gasteiger partial charge in [0, 0.05) is 6.20 Å². The van der Waals surface area contributed by atoms with Gasteiger partial charge in [-0.05, 0) is 49.6 Å². The SMILES string of the molecule is Cc1cccc(C(C)Nc2ccc(C#N)cn2)c1C. The number of aromatic nitrogens is 1. The molecular weight excluding hydrogens is 234 g/mol. The number of hydrogen-bond acceptors (Lipinski definition) is 3. The molecule has 19 heavy (non-hydrogen) atoms. The molecule has 0 amide bonds. The zero-order chi connectivity index (χ0) is 13.8. The largest absolute Gasteiger partial charge is 0.364 e. The van der Waals surface area contributed by atoms with Gasteiger partial charge in [0.2, 0.25) is 0 Å². The van der Waals surface area contributed by atoms with Gasteiger partial charge in [-0.25, -0.2) is 4.98 Å². The molecule has 96 valence electrons. The molecule has 0 bridgehead atoms. The maximum Gasteiger partial charge on any atom is 0.126 e. The molecule has 0 aliphatic heterocycles. The standard InChI is InChI=1S/C16H17N3/c1-11-5-4-6-15(12(11)2)13(3)19-16-8-7-14(9-17)10-18-16/h4-8,10,13H,1-3H3,(H,18,19). The van der Waals surface area contributed by atoms with Crippen molar-refractivity contribution in [3.05, 3.63) is 58.8 Å². The molecule has 0 aliphatic carbocycles. The van der Waals surface area contributed by atoms with Crippen LogP contribution in [-0.4, -0.2) is 4.98 Å². The minimum Gasteiger partial charge on any atom is -0.364 e. The molecule has 0 spiro atoms. The van der Waals surface area contributed by atoms with Crippen molar-refractivity contribution in [3.8, 4) is 6.07 Å². The third kappa shape index (κ3) is 2.92. The second-order valence-corrected chi connectivity index (χ2v) is 4.70. The first kappa shape index (κ1) is 13.1. The predicted molar refractivity (Wildman–Crippen MR) is 76.9 cm³/mol. The highest BCUT2D eigenvalue weighted by atomic mass is 15.0. The molecule has 1 aromatic heterocycles. The van der Waals surface area contributed by atoms with Crippen LogP contribution in [0.2, 0.25) is 0 Å². The number of rotatable bonds is 3. The Bertz CT molecular complexity index is 609.